The summed E-state index contributed by atoms with van der Waals surface area (Å²) in [7, 11) is 0. The summed E-state index contributed by atoms with van der Waals surface area (Å²) in [5, 5.41) is 13.3. The summed E-state index contributed by atoms with van der Waals surface area (Å²) in [5.74, 6) is 2.05. The Bertz CT molecular complexity index is 761. The number of amides is 1. The average molecular weight is 344 g/mol. The summed E-state index contributed by atoms with van der Waals surface area (Å²) in [6, 6.07) is 3.96. The van der Waals surface area contributed by atoms with Crippen LogP contribution in [0.5, 0.6) is 0 Å². The van der Waals surface area contributed by atoms with Crippen LogP contribution >= 0.6 is 0 Å². The van der Waals surface area contributed by atoms with Gasteiger partial charge in [0.2, 0.25) is 5.91 Å². The molecule has 0 unspecified atom stereocenters. The molecule has 136 valence electrons. The lowest BCUT2D eigenvalue weighted by atomic mass is 9.96. The number of fused-ring (bicyclic) bond motifs is 1. The molecule has 0 spiro atoms. The maximum absolute atomic E-state index is 12.3. The number of carbonyl (C=O) groups is 1. The fourth-order valence-electron chi connectivity index (χ4n) is 3.15. The quantitative estimate of drug-likeness (QED) is 0.835. The van der Waals surface area contributed by atoms with Gasteiger partial charge in [0.25, 0.3) is 0 Å². The van der Waals surface area contributed by atoms with E-state index in [1.807, 2.05) is 35.4 Å². The minimum absolute atomic E-state index is 0.0485. The van der Waals surface area contributed by atoms with Crippen LogP contribution in [0, 0.1) is 5.92 Å². The number of rotatable bonds is 2. The molecule has 0 N–H and O–H groups in total. The monoisotopic (exact) mass is 344 g/mol. The molecule has 0 bridgehead atoms. The van der Waals surface area contributed by atoms with Gasteiger partial charge in [0.1, 0.15) is 5.82 Å². The first-order valence-corrected chi connectivity index (χ1v) is 9.04. The first-order chi connectivity index (χ1) is 11.8. The number of hydrogen-bond donors (Lipinski definition) is 0. The standard InChI is InChI=1S/C18H28N6O/c1-13(2)16(25)23-10-6-9-22(11-12-23)15-8-7-14-19-20-17(18(3,4)5)24(14)21-15/h7-8,13H,6,9-12H2,1-5H3. The number of aromatic nitrogens is 4. The van der Waals surface area contributed by atoms with E-state index in [0.29, 0.717) is 0 Å². The van der Waals surface area contributed by atoms with Gasteiger partial charge in [0, 0.05) is 37.5 Å². The summed E-state index contributed by atoms with van der Waals surface area (Å²) in [6.07, 6.45) is 0.951. The topological polar surface area (TPSA) is 66.6 Å². The largest absolute Gasteiger partial charge is 0.353 e. The molecule has 1 saturated heterocycles. The molecule has 7 heteroatoms. The van der Waals surface area contributed by atoms with Crippen molar-refractivity contribution in [2.24, 2.45) is 5.92 Å². The van der Waals surface area contributed by atoms with E-state index >= 15 is 0 Å². The van der Waals surface area contributed by atoms with Crippen LogP contribution in [0.1, 0.15) is 46.9 Å². The minimum atomic E-state index is -0.121. The van der Waals surface area contributed by atoms with Crippen molar-refractivity contribution in [1.29, 1.82) is 0 Å². The van der Waals surface area contributed by atoms with E-state index in [2.05, 4.69) is 35.9 Å². The van der Waals surface area contributed by atoms with Gasteiger partial charge in [-0.2, -0.15) is 4.52 Å². The van der Waals surface area contributed by atoms with Crippen LogP contribution in [0.3, 0.4) is 0 Å². The lowest BCUT2D eigenvalue weighted by molar-refractivity contribution is -0.134. The van der Waals surface area contributed by atoms with Gasteiger partial charge in [-0.3, -0.25) is 4.79 Å². The molecule has 2 aromatic rings. The minimum Gasteiger partial charge on any atom is -0.353 e. The molecule has 2 aromatic heterocycles. The van der Waals surface area contributed by atoms with Gasteiger partial charge in [-0.1, -0.05) is 34.6 Å². The van der Waals surface area contributed by atoms with Gasteiger partial charge >= 0.3 is 0 Å². The highest BCUT2D eigenvalue weighted by Gasteiger charge is 2.24. The molecule has 0 atom stereocenters. The van der Waals surface area contributed by atoms with Crippen LogP contribution in [-0.2, 0) is 10.2 Å². The van der Waals surface area contributed by atoms with E-state index in [1.165, 1.54) is 0 Å². The molecule has 3 rings (SSSR count). The fraction of sp³-hybridized carbons (Fsp3) is 0.667. The van der Waals surface area contributed by atoms with Crippen molar-refractivity contribution in [2.45, 2.75) is 46.5 Å². The lowest BCUT2D eigenvalue weighted by Crippen LogP contribution is -2.37. The number of nitrogens with zero attached hydrogens (tertiary/aromatic N) is 6. The second-order valence-electron chi connectivity index (χ2n) is 8.06. The Hall–Kier alpha value is -2.18. The molecule has 1 aliphatic heterocycles. The van der Waals surface area contributed by atoms with Gasteiger partial charge in [-0.15, -0.1) is 15.3 Å². The van der Waals surface area contributed by atoms with Crippen molar-refractivity contribution >= 4 is 17.4 Å². The zero-order chi connectivity index (χ0) is 18.2. The Labute approximate surface area is 149 Å². The molecular weight excluding hydrogens is 316 g/mol. The van der Waals surface area contributed by atoms with Crippen molar-refractivity contribution in [1.82, 2.24) is 24.7 Å². The number of hydrogen-bond acceptors (Lipinski definition) is 5. The second kappa shape index (κ2) is 6.61. The molecule has 0 radical (unpaired) electrons. The lowest BCUT2D eigenvalue weighted by Gasteiger charge is -2.24. The summed E-state index contributed by atoms with van der Waals surface area (Å²) in [5.41, 5.74) is 0.643. The predicted octanol–water partition coefficient (Wildman–Crippen LogP) is 2.12. The van der Waals surface area contributed by atoms with Gasteiger partial charge in [0.05, 0.1) is 0 Å². The molecule has 1 fully saturated rings. The first kappa shape index (κ1) is 17.6. The fourth-order valence-corrected chi connectivity index (χ4v) is 3.15. The molecule has 3 heterocycles. The summed E-state index contributed by atoms with van der Waals surface area (Å²) in [4.78, 5) is 16.5. The van der Waals surface area contributed by atoms with Crippen molar-refractivity contribution < 1.29 is 4.79 Å². The predicted molar refractivity (Wildman–Crippen MR) is 97.7 cm³/mol. The Kier molecular flexibility index (Phi) is 4.67. The molecule has 25 heavy (non-hydrogen) atoms. The third-order valence-electron chi connectivity index (χ3n) is 4.55. The van der Waals surface area contributed by atoms with E-state index in [0.717, 1.165) is 49.9 Å². The summed E-state index contributed by atoms with van der Waals surface area (Å²) in [6.45, 7) is 13.5. The van der Waals surface area contributed by atoms with Crippen molar-refractivity contribution in [3.8, 4) is 0 Å². The summed E-state index contributed by atoms with van der Waals surface area (Å²) >= 11 is 0. The summed E-state index contributed by atoms with van der Waals surface area (Å²) < 4.78 is 1.84. The zero-order valence-corrected chi connectivity index (χ0v) is 15.9. The molecule has 1 amide bonds. The van der Waals surface area contributed by atoms with E-state index in [1.54, 1.807) is 0 Å². The van der Waals surface area contributed by atoms with E-state index in [-0.39, 0.29) is 17.2 Å². The Morgan fingerprint density at radius 1 is 1.08 bits per heavy atom. The molecule has 0 aliphatic carbocycles. The highest BCUT2D eigenvalue weighted by molar-refractivity contribution is 5.78. The van der Waals surface area contributed by atoms with Crippen LogP contribution in [0.4, 0.5) is 5.82 Å². The van der Waals surface area contributed by atoms with Crippen molar-refractivity contribution in [3.05, 3.63) is 18.0 Å². The van der Waals surface area contributed by atoms with Crippen LogP contribution in [0.25, 0.3) is 5.65 Å². The zero-order valence-electron chi connectivity index (χ0n) is 15.9. The van der Waals surface area contributed by atoms with Gasteiger partial charge < -0.3 is 9.80 Å². The van der Waals surface area contributed by atoms with Crippen LogP contribution in [0.15, 0.2) is 12.1 Å². The molecule has 7 nitrogen and oxygen atoms in total. The molecule has 1 aliphatic rings. The Morgan fingerprint density at radius 2 is 1.84 bits per heavy atom. The maximum Gasteiger partial charge on any atom is 0.225 e. The smallest absolute Gasteiger partial charge is 0.225 e. The SMILES string of the molecule is CC(C)C(=O)N1CCCN(c2ccc3nnc(C(C)(C)C)n3n2)CC1. The molecular formula is C18H28N6O. The van der Waals surface area contributed by atoms with Gasteiger partial charge in [0.15, 0.2) is 11.5 Å². The molecule has 0 saturated carbocycles. The number of carbonyl (C=O) groups excluding carboxylic acids is 1. The van der Waals surface area contributed by atoms with Gasteiger partial charge in [-0.25, -0.2) is 0 Å². The third kappa shape index (κ3) is 3.60. The van der Waals surface area contributed by atoms with Crippen LogP contribution in [0.2, 0.25) is 0 Å². The molecule has 0 aromatic carbocycles. The van der Waals surface area contributed by atoms with E-state index < -0.39 is 0 Å². The van der Waals surface area contributed by atoms with Gasteiger partial charge in [-0.05, 0) is 18.6 Å². The van der Waals surface area contributed by atoms with Crippen molar-refractivity contribution in [3.63, 3.8) is 0 Å². The Balaban J connectivity index is 1.83. The van der Waals surface area contributed by atoms with Crippen LogP contribution < -0.4 is 4.90 Å². The first-order valence-electron chi connectivity index (χ1n) is 9.04. The average Bonchev–Trinajstić information content (AvgIpc) is 2.83. The third-order valence-corrected chi connectivity index (χ3v) is 4.55. The Morgan fingerprint density at radius 3 is 2.52 bits per heavy atom. The normalized spacial score (nSPS) is 16.6. The van der Waals surface area contributed by atoms with E-state index in [9.17, 15) is 4.79 Å². The highest BCUT2D eigenvalue weighted by Crippen LogP contribution is 2.22. The van der Waals surface area contributed by atoms with Crippen molar-refractivity contribution in [2.75, 3.05) is 31.1 Å². The number of anilines is 1. The van der Waals surface area contributed by atoms with E-state index in [4.69, 9.17) is 5.10 Å². The van der Waals surface area contributed by atoms with Crippen LogP contribution in [-0.4, -0.2) is 56.8 Å². The highest BCUT2D eigenvalue weighted by atomic mass is 16.2. The maximum atomic E-state index is 12.3. The second-order valence-corrected chi connectivity index (χ2v) is 8.06.